The number of carbonyl (C=O) groups is 1. The summed E-state index contributed by atoms with van der Waals surface area (Å²) in [7, 11) is 0. The minimum absolute atomic E-state index is 0.0823. The molecule has 5 nitrogen and oxygen atoms in total. The van der Waals surface area contributed by atoms with Crippen LogP contribution in [-0.4, -0.2) is 47.0 Å². The van der Waals surface area contributed by atoms with Gasteiger partial charge in [0.25, 0.3) is 0 Å². The Balaban J connectivity index is 1.45. The molecule has 0 bridgehead atoms. The molecule has 6 heteroatoms. The van der Waals surface area contributed by atoms with E-state index in [9.17, 15) is 9.18 Å². The van der Waals surface area contributed by atoms with Crippen LogP contribution in [0.2, 0.25) is 0 Å². The van der Waals surface area contributed by atoms with Crippen molar-refractivity contribution in [2.45, 2.75) is 13.3 Å². The highest BCUT2D eigenvalue weighted by atomic mass is 19.1. The molecule has 1 N–H and O–H groups in total. The van der Waals surface area contributed by atoms with E-state index in [1.165, 1.54) is 12.1 Å². The van der Waals surface area contributed by atoms with Crippen LogP contribution in [0.5, 0.6) is 0 Å². The first-order chi connectivity index (χ1) is 12.6. The number of anilines is 1. The Labute approximate surface area is 151 Å². The number of aromatic nitrogens is 2. The lowest BCUT2D eigenvalue weighted by Gasteiger charge is -2.35. The van der Waals surface area contributed by atoms with E-state index in [2.05, 4.69) is 14.9 Å². The van der Waals surface area contributed by atoms with E-state index >= 15 is 0 Å². The van der Waals surface area contributed by atoms with Crippen molar-refractivity contribution in [2.75, 3.05) is 31.1 Å². The van der Waals surface area contributed by atoms with Crippen LogP contribution in [0.3, 0.4) is 0 Å². The van der Waals surface area contributed by atoms with Gasteiger partial charge in [0.05, 0.1) is 6.42 Å². The summed E-state index contributed by atoms with van der Waals surface area (Å²) >= 11 is 0. The summed E-state index contributed by atoms with van der Waals surface area (Å²) in [6, 6.07) is 10.5. The highest BCUT2D eigenvalue weighted by Gasteiger charge is 2.23. The zero-order valence-electron chi connectivity index (χ0n) is 14.7. The zero-order valence-corrected chi connectivity index (χ0v) is 14.7. The minimum atomic E-state index is -0.283. The lowest BCUT2D eigenvalue weighted by atomic mass is 10.1. The monoisotopic (exact) mass is 352 g/mol. The second kappa shape index (κ2) is 6.78. The molecule has 1 saturated heterocycles. The number of nitrogens with zero attached hydrogens (tertiary/aromatic N) is 3. The molecule has 3 aromatic rings. The third kappa shape index (κ3) is 3.14. The molecule has 26 heavy (non-hydrogen) atoms. The highest BCUT2D eigenvalue weighted by molar-refractivity contribution is 5.90. The van der Waals surface area contributed by atoms with Crippen LogP contribution in [0.25, 0.3) is 10.9 Å². The van der Waals surface area contributed by atoms with Crippen LogP contribution in [0.4, 0.5) is 10.2 Å². The SMILES string of the molecule is Cc1[nH]c2ccc(F)cc2c1CC(=O)N1CCN(c2ccccn2)CC1. The topological polar surface area (TPSA) is 52.2 Å². The lowest BCUT2D eigenvalue weighted by molar-refractivity contribution is -0.130. The number of hydrogen-bond acceptors (Lipinski definition) is 3. The van der Waals surface area contributed by atoms with E-state index in [0.29, 0.717) is 19.5 Å². The summed E-state index contributed by atoms with van der Waals surface area (Å²) in [5.74, 6) is 0.746. The smallest absolute Gasteiger partial charge is 0.227 e. The van der Waals surface area contributed by atoms with Gasteiger partial charge in [0.1, 0.15) is 11.6 Å². The largest absolute Gasteiger partial charge is 0.358 e. The molecular weight excluding hydrogens is 331 g/mol. The standard InChI is InChI=1S/C20H21FN4O/c1-14-16(17-12-15(21)5-6-18(17)23-14)13-20(26)25-10-8-24(9-11-25)19-4-2-3-7-22-19/h2-7,12,23H,8-11,13H2,1H3. The summed E-state index contributed by atoms with van der Waals surface area (Å²) in [5.41, 5.74) is 2.68. The van der Waals surface area contributed by atoms with Crippen LogP contribution < -0.4 is 4.90 Å². The first-order valence-electron chi connectivity index (χ1n) is 8.82. The molecular formula is C20H21FN4O. The van der Waals surface area contributed by atoms with Crippen molar-refractivity contribution >= 4 is 22.6 Å². The van der Waals surface area contributed by atoms with E-state index < -0.39 is 0 Å². The number of halogens is 1. The first kappa shape index (κ1) is 16.6. The molecule has 1 aliphatic rings. The van der Waals surface area contributed by atoms with Crippen LogP contribution in [0.15, 0.2) is 42.6 Å². The average Bonchev–Trinajstić information content (AvgIpc) is 2.97. The maximum atomic E-state index is 13.6. The Kier molecular flexibility index (Phi) is 4.32. The Morgan fingerprint density at radius 1 is 1.19 bits per heavy atom. The number of rotatable bonds is 3. The normalized spacial score (nSPS) is 14.8. The number of benzene rings is 1. The van der Waals surface area contributed by atoms with Crippen molar-refractivity contribution in [1.29, 1.82) is 0 Å². The molecule has 3 heterocycles. The van der Waals surface area contributed by atoms with Crippen LogP contribution >= 0.6 is 0 Å². The first-order valence-corrected chi connectivity index (χ1v) is 8.82. The summed E-state index contributed by atoms with van der Waals surface area (Å²) in [5, 5.41) is 0.794. The fraction of sp³-hybridized carbons (Fsp3) is 0.300. The number of H-pyrrole nitrogens is 1. The molecule has 0 spiro atoms. The van der Waals surface area contributed by atoms with Crippen molar-refractivity contribution in [2.24, 2.45) is 0 Å². The molecule has 0 unspecified atom stereocenters. The van der Waals surface area contributed by atoms with Gasteiger partial charge in [-0.3, -0.25) is 4.79 Å². The third-order valence-corrected chi connectivity index (χ3v) is 5.02. The maximum Gasteiger partial charge on any atom is 0.227 e. The molecule has 134 valence electrons. The lowest BCUT2D eigenvalue weighted by Crippen LogP contribution is -2.49. The summed E-state index contributed by atoms with van der Waals surface area (Å²) in [6.07, 6.45) is 2.07. The Morgan fingerprint density at radius 3 is 2.73 bits per heavy atom. The Morgan fingerprint density at radius 2 is 2.00 bits per heavy atom. The van der Waals surface area contributed by atoms with Gasteiger partial charge in [-0.1, -0.05) is 6.07 Å². The van der Waals surface area contributed by atoms with E-state index in [0.717, 1.165) is 41.1 Å². The van der Waals surface area contributed by atoms with Gasteiger partial charge in [-0.25, -0.2) is 9.37 Å². The van der Waals surface area contributed by atoms with Gasteiger partial charge in [-0.2, -0.15) is 0 Å². The van der Waals surface area contributed by atoms with Gasteiger partial charge >= 0.3 is 0 Å². The van der Waals surface area contributed by atoms with Crippen molar-refractivity contribution in [1.82, 2.24) is 14.9 Å². The van der Waals surface area contributed by atoms with E-state index in [1.807, 2.05) is 30.0 Å². The number of aromatic amines is 1. The van der Waals surface area contributed by atoms with E-state index in [1.54, 1.807) is 12.3 Å². The fourth-order valence-electron chi connectivity index (χ4n) is 3.57. The quantitative estimate of drug-likeness (QED) is 0.789. The number of nitrogens with one attached hydrogen (secondary N) is 1. The van der Waals surface area contributed by atoms with Crippen LogP contribution in [0.1, 0.15) is 11.3 Å². The van der Waals surface area contributed by atoms with E-state index in [-0.39, 0.29) is 11.7 Å². The molecule has 0 atom stereocenters. The second-order valence-corrected chi connectivity index (χ2v) is 6.65. The highest BCUT2D eigenvalue weighted by Crippen LogP contribution is 2.24. The second-order valence-electron chi connectivity index (χ2n) is 6.65. The van der Waals surface area contributed by atoms with Crippen molar-refractivity contribution < 1.29 is 9.18 Å². The maximum absolute atomic E-state index is 13.6. The number of aryl methyl sites for hydroxylation is 1. The molecule has 1 aromatic carbocycles. The van der Waals surface area contributed by atoms with E-state index in [4.69, 9.17) is 0 Å². The van der Waals surface area contributed by atoms with Gasteiger partial charge in [0, 0.05) is 49.0 Å². The van der Waals surface area contributed by atoms with Gasteiger partial charge in [-0.05, 0) is 42.8 Å². The molecule has 2 aromatic heterocycles. The molecule has 1 aliphatic heterocycles. The van der Waals surface area contributed by atoms with Gasteiger partial charge in [-0.15, -0.1) is 0 Å². The summed E-state index contributed by atoms with van der Waals surface area (Å²) < 4.78 is 13.6. The number of amides is 1. The number of hydrogen-bond donors (Lipinski definition) is 1. The fourth-order valence-corrected chi connectivity index (χ4v) is 3.57. The molecule has 0 radical (unpaired) electrons. The van der Waals surface area contributed by atoms with Gasteiger partial charge < -0.3 is 14.8 Å². The van der Waals surface area contributed by atoms with Crippen molar-refractivity contribution in [3.05, 3.63) is 59.7 Å². The van der Waals surface area contributed by atoms with Gasteiger partial charge in [0.15, 0.2) is 0 Å². The number of carbonyl (C=O) groups excluding carboxylic acids is 1. The molecule has 1 amide bonds. The number of fused-ring (bicyclic) bond motifs is 1. The van der Waals surface area contributed by atoms with Crippen molar-refractivity contribution in [3.63, 3.8) is 0 Å². The van der Waals surface area contributed by atoms with Crippen molar-refractivity contribution in [3.8, 4) is 0 Å². The Bertz CT molecular complexity index is 930. The van der Waals surface area contributed by atoms with Gasteiger partial charge in [0.2, 0.25) is 5.91 Å². The molecule has 0 aliphatic carbocycles. The molecule has 4 rings (SSSR count). The minimum Gasteiger partial charge on any atom is -0.358 e. The average molecular weight is 352 g/mol. The number of pyridine rings is 1. The van der Waals surface area contributed by atoms with Crippen LogP contribution in [0, 0.1) is 12.7 Å². The molecule has 0 saturated carbocycles. The summed E-state index contributed by atoms with van der Waals surface area (Å²) in [6.45, 7) is 4.81. The zero-order chi connectivity index (χ0) is 18.1. The predicted molar refractivity (Wildman–Crippen MR) is 99.7 cm³/mol. The number of piperazine rings is 1. The third-order valence-electron chi connectivity index (χ3n) is 5.02. The molecule has 1 fully saturated rings. The van der Waals surface area contributed by atoms with Crippen LogP contribution in [-0.2, 0) is 11.2 Å². The summed E-state index contributed by atoms with van der Waals surface area (Å²) in [4.78, 5) is 24.5. The predicted octanol–water partition coefficient (Wildman–Crippen LogP) is 2.90. The Hall–Kier alpha value is -2.89.